The third-order valence-electron chi connectivity index (χ3n) is 2.94. The van der Waals surface area contributed by atoms with Gasteiger partial charge >= 0.3 is 0 Å². The summed E-state index contributed by atoms with van der Waals surface area (Å²) in [6.07, 6.45) is 4.53. The number of nitrogens with two attached hydrogens (primary N) is 1. The number of rotatable bonds is 3. The van der Waals surface area contributed by atoms with E-state index in [9.17, 15) is 4.79 Å². The summed E-state index contributed by atoms with van der Waals surface area (Å²) in [5.41, 5.74) is 6.66. The van der Waals surface area contributed by atoms with Crippen molar-refractivity contribution in [2.24, 2.45) is 11.7 Å². The lowest BCUT2D eigenvalue weighted by atomic mass is 10.1. The Morgan fingerprint density at radius 1 is 1.71 bits per heavy atom. The Hall–Kier alpha value is -0.650. The van der Waals surface area contributed by atoms with Crippen LogP contribution in [0.5, 0.6) is 0 Å². The molecule has 0 radical (unpaired) electrons. The van der Waals surface area contributed by atoms with Crippen molar-refractivity contribution in [3.8, 4) is 0 Å². The van der Waals surface area contributed by atoms with E-state index >= 15 is 0 Å². The highest BCUT2D eigenvalue weighted by Gasteiger charge is 2.23. The summed E-state index contributed by atoms with van der Waals surface area (Å²) in [6.45, 7) is 2.30. The molecule has 2 N–H and O–H groups in total. The van der Waals surface area contributed by atoms with Crippen LogP contribution in [0.25, 0.3) is 6.08 Å². The van der Waals surface area contributed by atoms with Gasteiger partial charge in [0.05, 0.1) is 3.79 Å². The maximum atomic E-state index is 11.9. The van der Waals surface area contributed by atoms with Crippen LogP contribution in [0.4, 0.5) is 0 Å². The van der Waals surface area contributed by atoms with Crippen molar-refractivity contribution in [2.75, 3.05) is 19.6 Å². The van der Waals surface area contributed by atoms with E-state index in [1.54, 1.807) is 17.4 Å². The van der Waals surface area contributed by atoms with Gasteiger partial charge in [-0.05, 0) is 57.9 Å². The number of carbonyl (C=O) groups excluding carboxylic acids is 1. The van der Waals surface area contributed by atoms with Gasteiger partial charge in [0.1, 0.15) is 0 Å². The van der Waals surface area contributed by atoms with Gasteiger partial charge in [-0.3, -0.25) is 4.79 Å². The average molecular weight is 315 g/mol. The molecule has 0 aliphatic carbocycles. The zero-order chi connectivity index (χ0) is 12.3. The molecule has 92 valence electrons. The van der Waals surface area contributed by atoms with Crippen LogP contribution >= 0.6 is 27.3 Å². The number of carbonyl (C=O) groups is 1. The first-order valence-electron chi connectivity index (χ1n) is 5.60. The van der Waals surface area contributed by atoms with Crippen LogP contribution in [-0.2, 0) is 4.79 Å². The zero-order valence-corrected chi connectivity index (χ0v) is 11.8. The van der Waals surface area contributed by atoms with Crippen molar-refractivity contribution in [3.63, 3.8) is 0 Å². The lowest BCUT2D eigenvalue weighted by Crippen LogP contribution is -2.28. The van der Waals surface area contributed by atoms with Crippen molar-refractivity contribution in [3.05, 3.63) is 26.9 Å². The number of thiophene rings is 1. The number of halogens is 1. The van der Waals surface area contributed by atoms with Crippen molar-refractivity contribution in [2.45, 2.75) is 6.42 Å². The molecule has 1 saturated heterocycles. The Balaban J connectivity index is 1.91. The maximum Gasteiger partial charge on any atom is 0.246 e. The van der Waals surface area contributed by atoms with Crippen LogP contribution in [0.15, 0.2) is 21.3 Å². The van der Waals surface area contributed by atoms with Gasteiger partial charge in [0.2, 0.25) is 5.91 Å². The fourth-order valence-electron chi connectivity index (χ4n) is 1.91. The van der Waals surface area contributed by atoms with E-state index in [0.717, 1.165) is 28.9 Å². The van der Waals surface area contributed by atoms with E-state index in [4.69, 9.17) is 5.73 Å². The summed E-state index contributed by atoms with van der Waals surface area (Å²) in [4.78, 5) is 13.7. The van der Waals surface area contributed by atoms with Gasteiger partial charge in [-0.1, -0.05) is 0 Å². The predicted octanol–water partition coefficient (Wildman–Crippen LogP) is 2.33. The molecule has 1 aromatic heterocycles. The summed E-state index contributed by atoms with van der Waals surface area (Å²) in [7, 11) is 0. The van der Waals surface area contributed by atoms with Crippen LogP contribution in [0.2, 0.25) is 0 Å². The Morgan fingerprint density at radius 2 is 2.53 bits per heavy atom. The minimum Gasteiger partial charge on any atom is -0.339 e. The van der Waals surface area contributed by atoms with Crippen LogP contribution in [0, 0.1) is 5.92 Å². The lowest BCUT2D eigenvalue weighted by molar-refractivity contribution is -0.125. The molecule has 0 spiro atoms. The van der Waals surface area contributed by atoms with Gasteiger partial charge in [-0.2, -0.15) is 0 Å². The monoisotopic (exact) mass is 314 g/mol. The molecule has 2 rings (SSSR count). The second-order valence-electron chi connectivity index (χ2n) is 4.19. The Labute approximate surface area is 113 Å². The van der Waals surface area contributed by atoms with E-state index in [1.165, 1.54) is 0 Å². The van der Waals surface area contributed by atoms with E-state index in [2.05, 4.69) is 15.9 Å². The Bertz CT molecular complexity index is 430. The zero-order valence-electron chi connectivity index (χ0n) is 9.43. The number of amides is 1. The smallest absolute Gasteiger partial charge is 0.246 e. The number of nitrogens with zero attached hydrogens (tertiary/aromatic N) is 1. The molecule has 17 heavy (non-hydrogen) atoms. The number of hydrogen-bond donors (Lipinski definition) is 1. The van der Waals surface area contributed by atoms with Crippen molar-refractivity contribution in [1.82, 2.24) is 4.90 Å². The Morgan fingerprint density at radius 3 is 3.12 bits per heavy atom. The van der Waals surface area contributed by atoms with E-state index in [-0.39, 0.29) is 5.91 Å². The highest BCUT2D eigenvalue weighted by atomic mass is 79.9. The standard InChI is InChI=1S/C12H15BrN2OS/c13-11-5-9(8-17-11)1-2-12(16)15-4-3-10(6-14)7-15/h1-2,5,8,10H,3-4,6-7,14H2/b2-1+. The third kappa shape index (κ3) is 3.40. The molecule has 3 nitrogen and oxygen atoms in total. The van der Waals surface area contributed by atoms with Crippen LogP contribution < -0.4 is 5.73 Å². The highest BCUT2D eigenvalue weighted by Crippen LogP contribution is 2.22. The topological polar surface area (TPSA) is 46.3 Å². The summed E-state index contributed by atoms with van der Waals surface area (Å²) in [5.74, 6) is 0.561. The van der Waals surface area contributed by atoms with E-state index < -0.39 is 0 Å². The van der Waals surface area contributed by atoms with Crippen LogP contribution in [0.3, 0.4) is 0 Å². The molecule has 0 bridgehead atoms. The van der Waals surface area contributed by atoms with E-state index in [0.29, 0.717) is 12.5 Å². The van der Waals surface area contributed by atoms with Crippen molar-refractivity contribution < 1.29 is 4.79 Å². The molecule has 1 amide bonds. The van der Waals surface area contributed by atoms with E-state index in [1.807, 2.05) is 22.4 Å². The molecular formula is C12H15BrN2OS. The normalized spacial score (nSPS) is 20.4. The first-order valence-corrected chi connectivity index (χ1v) is 7.27. The first-order chi connectivity index (χ1) is 8.19. The summed E-state index contributed by atoms with van der Waals surface area (Å²) in [6, 6.07) is 2.00. The summed E-state index contributed by atoms with van der Waals surface area (Å²) in [5, 5.41) is 2.01. The molecule has 1 fully saturated rings. The Kier molecular flexibility index (Phi) is 4.36. The number of likely N-dealkylation sites (tertiary alicyclic amines) is 1. The molecular weight excluding hydrogens is 300 g/mol. The average Bonchev–Trinajstić information content (AvgIpc) is 2.94. The summed E-state index contributed by atoms with van der Waals surface area (Å²) >= 11 is 5.01. The fraction of sp³-hybridized carbons (Fsp3) is 0.417. The largest absolute Gasteiger partial charge is 0.339 e. The molecule has 1 aromatic rings. The first kappa shape index (κ1) is 12.8. The van der Waals surface area contributed by atoms with Crippen LogP contribution in [-0.4, -0.2) is 30.4 Å². The van der Waals surface area contributed by atoms with Crippen molar-refractivity contribution in [1.29, 1.82) is 0 Å². The predicted molar refractivity (Wildman–Crippen MR) is 74.8 cm³/mol. The molecule has 1 aliphatic rings. The minimum absolute atomic E-state index is 0.0864. The van der Waals surface area contributed by atoms with Crippen LogP contribution in [0.1, 0.15) is 12.0 Å². The molecule has 0 saturated carbocycles. The molecule has 1 atom stereocenters. The second-order valence-corrected chi connectivity index (χ2v) is 6.48. The van der Waals surface area contributed by atoms with Gasteiger partial charge < -0.3 is 10.6 Å². The quantitative estimate of drug-likeness (QED) is 0.870. The lowest BCUT2D eigenvalue weighted by Gasteiger charge is -2.13. The van der Waals surface area contributed by atoms with Crippen molar-refractivity contribution >= 4 is 39.2 Å². The van der Waals surface area contributed by atoms with Gasteiger partial charge in [0.15, 0.2) is 0 Å². The second kappa shape index (κ2) is 5.80. The number of hydrogen-bond acceptors (Lipinski definition) is 3. The van der Waals surface area contributed by atoms with Gasteiger partial charge in [0, 0.05) is 19.2 Å². The molecule has 1 aliphatic heterocycles. The molecule has 1 unspecified atom stereocenters. The minimum atomic E-state index is 0.0864. The highest BCUT2D eigenvalue weighted by molar-refractivity contribution is 9.11. The molecule has 0 aromatic carbocycles. The van der Waals surface area contributed by atoms with Gasteiger partial charge in [0.25, 0.3) is 0 Å². The van der Waals surface area contributed by atoms with Gasteiger partial charge in [-0.15, -0.1) is 11.3 Å². The van der Waals surface area contributed by atoms with Gasteiger partial charge in [-0.25, -0.2) is 0 Å². The fourth-order valence-corrected chi connectivity index (χ4v) is 3.05. The molecule has 2 heterocycles. The molecule has 5 heteroatoms. The summed E-state index contributed by atoms with van der Waals surface area (Å²) < 4.78 is 1.08. The SMILES string of the molecule is NCC1CCN(C(=O)/C=C/c2csc(Br)c2)C1. The third-order valence-corrected chi connectivity index (χ3v) is 4.46. The maximum absolute atomic E-state index is 11.9.